The van der Waals surface area contributed by atoms with Crippen molar-refractivity contribution >= 4 is 33.5 Å². The van der Waals surface area contributed by atoms with E-state index in [-0.39, 0.29) is 11.8 Å². The lowest BCUT2D eigenvalue weighted by Crippen LogP contribution is -2.20. The molecule has 182 valence electrons. The van der Waals surface area contributed by atoms with Crippen LogP contribution in [-0.2, 0) is 4.79 Å². The Bertz CT molecular complexity index is 1740. The number of nitrogens with one attached hydrogen (secondary N) is 3. The fraction of sp³-hybridized carbons (Fsp3) is 0.179. The third-order valence-corrected chi connectivity index (χ3v) is 7.08. The van der Waals surface area contributed by atoms with Gasteiger partial charge in [0.25, 0.3) is 0 Å². The van der Waals surface area contributed by atoms with Crippen LogP contribution in [0.4, 0.5) is 5.69 Å². The summed E-state index contributed by atoms with van der Waals surface area (Å²) >= 11 is 0. The number of amides is 1. The SMILES string of the molecule is O=C(Nc1cncc(-c2cnc3[nH]nc(-c4cc5c(-c6ccoc6)nccc5[nH]4)c3c2)c1)C1CCCC1. The number of carbonyl (C=O) groups excluding carboxylic acids is 1. The highest BCUT2D eigenvalue weighted by Crippen LogP contribution is 2.34. The molecule has 9 nitrogen and oxygen atoms in total. The molecule has 0 bridgehead atoms. The smallest absolute Gasteiger partial charge is 0.227 e. The van der Waals surface area contributed by atoms with Crippen molar-refractivity contribution in [3.05, 3.63) is 67.6 Å². The molecule has 1 fully saturated rings. The summed E-state index contributed by atoms with van der Waals surface area (Å²) in [6.45, 7) is 0. The molecule has 0 atom stereocenters. The molecule has 0 spiro atoms. The van der Waals surface area contributed by atoms with Crippen LogP contribution in [0.1, 0.15) is 25.7 Å². The summed E-state index contributed by atoms with van der Waals surface area (Å²) in [6, 6.07) is 9.87. The van der Waals surface area contributed by atoms with Crippen molar-refractivity contribution < 1.29 is 9.21 Å². The number of anilines is 1. The Morgan fingerprint density at radius 1 is 0.946 bits per heavy atom. The first-order chi connectivity index (χ1) is 18.2. The molecule has 3 N–H and O–H groups in total. The highest BCUT2D eigenvalue weighted by atomic mass is 16.3. The number of nitrogens with zero attached hydrogens (tertiary/aromatic N) is 4. The summed E-state index contributed by atoms with van der Waals surface area (Å²) < 4.78 is 5.26. The molecule has 6 aromatic rings. The second-order valence-corrected chi connectivity index (χ2v) is 9.44. The Labute approximate surface area is 211 Å². The number of carbonyl (C=O) groups is 1. The van der Waals surface area contributed by atoms with E-state index >= 15 is 0 Å². The summed E-state index contributed by atoms with van der Waals surface area (Å²) in [4.78, 5) is 29.6. The van der Waals surface area contributed by atoms with Crippen molar-refractivity contribution in [2.45, 2.75) is 25.7 Å². The Morgan fingerprint density at radius 3 is 2.70 bits per heavy atom. The maximum absolute atomic E-state index is 12.6. The average Bonchev–Trinajstić information content (AvgIpc) is 3.74. The van der Waals surface area contributed by atoms with Gasteiger partial charge in [-0.15, -0.1) is 0 Å². The minimum absolute atomic E-state index is 0.0743. The first-order valence-corrected chi connectivity index (χ1v) is 12.3. The Hall–Kier alpha value is -4.79. The lowest BCUT2D eigenvalue weighted by atomic mass is 10.1. The molecule has 0 saturated heterocycles. The van der Waals surface area contributed by atoms with E-state index in [2.05, 4.69) is 35.5 Å². The standard InChI is InChI=1S/C28H23N7O2/c36-28(16-3-1-2-4-16)32-20-9-18(12-29-14-20)19-10-22-26(34-35-27(22)31-13-19)24-11-21-23(33-24)5-7-30-25(21)17-6-8-37-15-17/h5-16,33H,1-4H2,(H,32,36)(H,31,34,35). The molecule has 1 aliphatic rings. The van der Waals surface area contributed by atoms with E-state index in [1.165, 1.54) is 0 Å². The van der Waals surface area contributed by atoms with E-state index in [1.54, 1.807) is 37.3 Å². The van der Waals surface area contributed by atoms with Gasteiger partial charge in [0.2, 0.25) is 5.91 Å². The zero-order valence-electron chi connectivity index (χ0n) is 19.9. The van der Waals surface area contributed by atoms with E-state index in [0.717, 1.165) is 75.7 Å². The van der Waals surface area contributed by atoms with Gasteiger partial charge in [-0.1, -0.05) is 12.8 Å². The van der Waals surface area contributed by atoms with Gasteiger partial charge in [-0.2, -0.15) is 5.10 Å². The van der Waals surface area contributed by atoms with Gasteiger partial charge in [-0.05, 0) is 43.2 Å². The molecule has 1 saturated carbocycles. The van der Waals surface area contributed by atoms with Gasteiger partial charge in [0, 0.05) is 57.5 Å². The third-order valence-electron chi connectivity index (χ3n) is 7.08. The van der Waals surface area contributed by atoms with Crippen molar-refractivity contribution in [2.75, 3.05) is 5.32 Å². The summed E-state index contributed by atoms with van der Waals surface area (Å²) in [6.07, 6.45) is 14.5. The van der Waals surface area contributed by atoms with Crippen LogP contribution >= 0.6 is 0 Å². The third kappa shape index (κ3) is 3.85. The highest BCUT2D eigenvalue weighted by molar-refractivity contribution is 6.00. The zero-order chi connectivity index (χ0) is 24.8. The molecular weight excluding hydrogens is 466 g/mol. The van der Waals surface area contributed by atoms with Crippen molar-refractivity contribution in [1.29, 1.82) is 0 Å². The number of H-pyrrole nitrogens is 2. The quantitative estimate of drug-likeness (QED) is 0.275. The molecule has 7 rings (SSSR count). The maximum atomic E-state index is 12.6. The molecule has 6 heterocycles. The number of aromatic nitrogens is 6. The zero-order valence-corrected chi connectivity index (χ0v) is 19.9. The first-order valence-electron chi connectivity index (χ1n) is 12.3. The van der Waals surface area contributed by atoms with Crippen LogP contribution in [0.25, 0.3) is 55.7 Å². The van der Waals surface area contributed by atoms with Crippen LogP contribution in [0.3, 0.4) is 0 Å². The van der Waals surface area contributed by atoms with E-state index < -0.39 is 0 Å². The predicted molar refractivity (Wildman–Crippen MR) is 140 cm³/mol. The Morgan fingerprint density at radius 2 is 1.84 bits per heavy atom. The lowest BCUT2D eigenvalue weighted by Gasteiger charge is -2.11. The van der Waals surface area contributed by atoms with Crippen LogP contribution < -0.4 is 5.32 Å². The molecule has 6 aromatic heterocycles. The number of hydrogen-bond acceptors (Lipinski definition) is 6. The molecule has 0 radical (unpaired) electrons. The Kier molecular flexibility index (Phi) is 5.05. The number of pyridine rings is 3. The van der Waals surface area contributed by atoms with Crippen molar-refractivity contribution in [1.82, 2.24) is 30.1 Å². The van der Waals surface area contributed by atoms with Gasteiger partial charge in [-0.3, -0.25) is 19.9 Å². The lowest BCUT2D eigenvalue weighted by molar-refractivity contribution is -0.119. The monoisotopic (exact) mass is 489 g/mol. The van der Waals surface area contributed by atoms with Crippen molar-refractivity contribution in [2.24, 2.45) is 5.92 Å². The van der Waals surface area contributed by atoms with Crippen LogP contribution in [0.2, 0.25) is 0 Å². The van der Waals surface area contributed by atoms with E-state index in [4.69, 9.17) is 4.42 Å². The minimum atomic E-state index is 0.0743. The van der Waals surface area contributed by atoms with Crippen LogP contribution in [0.5, 0.6) is 0 Å². The molecule has 1 aliphatic carbocycles. The van der Waals surface area contributed by atoms with Gasteiger partial charge < -0.3 is 14.7 Å². The summed E-state index contributed by atoms with van der Waals surface area (Å²) in [5.41, 5.74) is 7.46. The summed E-state index contributed by atoms with van der Waals surface area (Å²) in [5, 5.41) is 12.5. The van der Waals surface area contributed by atoms with E-state index in [1.807, 2.05) is 30.3 Å². The molecule has 0 aliphatic heterocycles. The van der Waals surface area contributed by atoms with Crippen molar-refractivity contribution in [3.63, 3.8) is 0 Å². The molecule has 0 unspecified atom stereocenters. The molecule has 1 amide bonds. The first kappa shape index (κ1) is 21.5. The van der Waals surface area contributed by atoms with Crippen molar-refractivity contribution in [3.8, 4) is 33.8 Å². The van der Waals surface area contributed by atoms with Gasteiger partial charge in [-0.25, -0.2) is 4.98 Å². The molecule has 9 heteroatoms. The summed E-state index contributed by atoms with van der Waals surface area (Å²) in [7, 11) is 0. The number of rotatable bonds is 5. The number of fused-ring (bicyclic) bond motifs is 2. The van der Waals surface area contributed by atoms with Gasteiger partial charge in [0.15, 0.2) is 5.65 Å². The van der Waals surface area contributed by atoms with Gasteiger partial charge in [0.05, 0.1) is 35.8 Å². The predicted octanol–water partition coefficient (Wildman–Crippen LogP) is 5.95. The fourth-order valence-electron chi connectivity index (χ4n) is 5.18. The molecular formula is C28H23N7O2. The number of hydrogen-bond donors (Lipinski definition) is 3. The van der Waals surface area contributed by atoms with Crippen LogP contribution in [-0.4, -0.2) is 36.0 Å². The highest BCUT2D eigenvalue weighted by Gasteiger charge is 2.23. The second kappa shape index (κ2) is 8.70. The fourth-order valence-corrected chi connectivity index (χ4v) is 5.18. The minimum Gasteiger partial charge on any atom is -0.472 e. The van der Waals surface area contributed by atoms with Crippen LogP contribution in [0, 0.1) is 5.92 Å². The van der Waals surface area contributed by atoms with Crippen LogP contribution in [0.15, 0.2) is 72.1 Å². The average molecular weight is 490 g/mol. The van der Waals surface area contributed by atoms with Gasteiger partial charge >= 0.3 is 0 Å². The second-order valence-electron chi connectivity index (χ2n) is 9.44. The molecule has 0 aromatic carbocycles. The summed E-state index contributed by atoms with van der Waals surface area (Å²) in [5.74, 6) is 0.168. The molecule has 37 heavy (non-hydrogen) atoms. The maximum Gasteiger partial charge on any atom is 0.227 e. The normalized spacial score (nSPS) is 14.1. The number of aromatic amines is 2. The topological polar surface area (TPSA) is 125 Å². The number of furan rings is 1. The Balaban J connectivity index is 1.25. The largest absolute Gasteiger partial charge is 0.472 e. The van der Waals surface area contributed by atoms with Gasteiger partial charge in [0.1, 0.15) is 5.69 Å². The van der Waals surface area contributed by atoms with E-state index in [0.29, 0.717) is 11.3 Å². The van der Waals surface area contributed by atoms with E-state index in [9.17, 15) is 4.79 Å².